The molecule has 0 atom stereocenters. The van der Waals surface area contributed by atoms with Crippen LogP contribution in [0.15, 0.2) is 24.3 Å². The maximum absolute atomic E-state index is 12.9. The van der Waals surface area contributed by atoms with E-state index in [-0.39, 0.29) is 5.82 Å². The Morgan fingerprint density at radius 3 is 2.47 bits per heavy atom. The molecule has 2 rings (SSSR count). The van der Waals surface area contributed by atoms with E-state index in [0.717, 1.165) is 32.7 Å². The largest absolute Gasteiger partial charge is 0.329 e. The zero-order valence-corrected chi connectivity index (χ0v) is 11.7. The molecule has 1 saturated heterocycles. The Morgan fingerprint density at radius 1 is 1.26 bits per heavy atom. The van der Waals surface area contributed by atoms with E-state index in [9.17, 15) is 4.39 Å². The average molecular weight is 265 g/mol. The number of piperidine rings is 1. The van der Waals surface area contributed by atoms with Gasteiger partial charge in [-0.15, -0.1) is 0 Å². The number of halogens is 1. The second-order valence-corrected chi connectivity index (χ2v) is 5.40. The highest BCUT2D eigenvalue weighted by Gasteiger charge is 2.21. The molecular formula is C15H24FN3. The average Bonchev–Trinajstić information content (AvgIpc) is 2.42. The number of likely N-dealkylation sites (tertiary alicyclic amines) is 1. The third kappa shape index (κ3) is 4.27. The molecule has 1 aliphatic rings. The molecule has 1 fully saturated rings. The van der Waals surface area contributed by atoms with Crippen LogP contribution >= 0.6 is 0 Å². The number of rotatable bonds is 5. The van der Waals surface area contributed by atoms with Gasteiger partial charge in [0.2, 0.25) is 0 Å². The van der Waals surface area contributed by atoms with Crippen molar-refractivity contribution in [1.29, 1.82) is 0 Å². The van der Waals surface area contributed by atoms with E-state index in [2.05, 4.69) is 16.8 Å². The highest BCUT2D eigenvalue weighted by molar-refractivity contribution is 5.15. The molecule has 0 aromatic heterocycles. The van der Waals surface area contributed by atoms with E-state index in [1.54, 1.807) is 0 Å². The standard InChI is InChI=1S/C15H24FN3/c1-18(12-13-2-4-14(16)5-3-13)15-6-9-19(10-7-15)11-8-17/h2-5,15H,6-12,17H2,1H3. The lowest BCUT2D eigenvalue weighted by molar-refractivity contribution is 0.125. The van der Waals surface area contributed by atoms with Crippen molar-refractivity contribution >= 4 is 0 Å². The van der Waals surface area contributed by atoms with Crippen LogP contribution in [0.3, 0.4) is 0 Å². The Morgan fingerprint density at radius 2 is 1.89 bits per heavy atom. The summed E-state index contributed by atoms with van der Waals surface area (Å²) >= 11 is 0. The normalized spacial score (nSPS) is 18.1. The SMILES string of the molecule is CN(Cc1ccc(F)cc1)C1CCN(CCN)CC1. The summed E-state index contributed by atoms with van der Waals surface area (Å²) in [5.74, 6) is -0.165. The van der Waals surface area contributed by atoms with E-state index in [4.69, 9.17) is 5.73 Å². The lowest BCUT2D eigenvalue weighted by atomic mass is 10.0. The Labute approximate surface area is 115 Å². The van der Waals surface area contributed by atoms with Crippen molar-refractivity contribution in [3.63, 3.8) is 0 Å². The Hall–Kier alpha value is -0.970. The van der Waals surface area contributed by atoms with Crippen LogP contribution in [0.25, 0.3) is 0 Å². The second kappa shape index (κ2) is 6.98. The van der Waals surface area contributed by atoms with Gasteiger partial charge in [0.25, 0.3) is 0 Å². The Bertz CT molecular complexity index is 371. The summed E-state index contributed by atoms with van der Waals surface area (Å²) in [7, 11) is 2.16. The van der Waals surface area contributed by atoms with Crippen LogP contribution in [0.1, 0.15) is 18.4 Å². The van der Waals surface area contributed by atoms with Crippen molar-refractivity contribution < 1.29 is 4.39 Å². The van der Waals surface area contributed by atoms with Gasteiger partial charge in [0, 0.05) is 25.7 Å². The fourth-order valence-electron chi connectivity index (χ4n) is 2.77. The summed E-state index contributed by atoms with van der Waals surface area (Å²) in [4.78, 5) is 4.81. The highest BCUT2D eigenvalue weighted by Crippen LogP contribution is 2.17. The first-order valence-corrected chi connectivity index (χ1v) is 7.06. The molecule has 3 nitrogen and oxygen atoms in total. The van der Waals surface area contributed by atoms with Crippen LogP contribution in [-0.2, 0) is 6.54 Å². The molecule has 106 valence electrons. The summed E-state index contributed by atoms with van der Waals surface area (Å²) in [6.07, 6.45) is 2.38. The van der Waals surface area contributed by atoms with Crippen molar-refractivity contribution in [2.75, 3.05) is 33.2 Å². The highest BCUT2D eigenvalue weighted by atomic mass is 19.1. The number of nitrogens with two attached hydrogens (primary N) is 1. The molecule has 1 heterocycles. The first-order chi connectivity index (χ1) is 9.19. The molecule has 19 heavy (non-hydrogen) atoms. The van der Waals surface area contributed by atoms with Gasteiger partial charge in [0.15, 0.2) is 0 Å². The second-order valence-electron chi connectivity index (χ2n) is 5.40. The minimum Gasteiger partial charge on any atom is -0.329 e. The molecule has 0 amide bonds. The molecule has 1 aromatic carbocycles. The molecule has 2 N–H and O–H groups in total. The molecule has 0 spiro atoms. The molecular weight excluding hydrogens is 241 g/mol. The van der Waals surface area contributed by atoms with Crippen molar-refractivity contribution in [1.82, 2.24) is 9.80 Å². The number of hydrogen-bond acceptors (Lipinski definition) is 3. The molecule has 0 aliphatic carbocycles. The number of hydrogen-bond donors (Lipinski definition) is 1. The van der Waals surface area contributed by atoms with Crippen molar-refractivity contribution in [2.45, 2.75) is 25.4 Å². The molecule has 0 saturated carbocycles. The quantitative estimate of drug-likeness (QED) is 0.879. The lowest BCUT2D eigenvalue weighted by Gasteiger charge is -2.36. The zero-order valence-electron chi connectivity index (χ0n) is 11.7. The zero-order chi connectivity index (χ0) is 13.7. The fraction of sp³-hybridized carbons (Fsp3) is 0.600. The third-order valence-corrected chi connectivity index (χ3v) is 3.97. The van der Waals surface area contributed by atoms with E-state index in [1.165, 1.54) is 30.5 Å². The predicted molar refractivity (Wildman–Crippen MR) is 76.4 cm³/mol. The van der Waals surface area contributed by atoms with E-state index in [1.807, 2.05) is 12.1 Å². The lowest BCUT2D eigenvalue weighted by Crippen LogP contribution is -2.44. The molecule has 1 aliphatic heterocycles. The van der Waals surface area contributed by atoms with Crippen molar-refractivity contribution in [3.8, 4) is 0 Å². The van der Waals surface area contributed by atoms with Gasteiger partial charge in [0.1, 0.15) is 5.82 Å². The van der Waals surface area contributed by atoms with Crippen LogP contribution in [0, 0.1) is 5.82 Å². The van der Waals surface area contributed by atoms with Crippen LogP contribution in [0.5, 0.6) is 0 Å². The molecule has 4 heteroatoms. The maximum Gasteiger partial charge on any atom is 0.123 e. The van der Waals surface area contributed by atoms with E-state index in [0.29, 0.717) is 6.04 Å². The van der Waals surface area contributed by atoms with Crippen LogP contribution in [0.2, 0.25) is 0 Å². The van der Waals surface area contributed by atoms with Crippen molar-refractivity contribution in [2.24, 2.45) is 5.73 Å². The first-order valence-electron chi connectivity index (χ1n) is 7.06. The van der Waals surface area contributed by atoms with Crippen molar-refractivity contribution in [3.05, 3.63) is 35.6 Å². The number of benzene rings is 1. The van der Waals surface area contributed by atoms with Gasteiger partial charge < -0.3 is 10.6 Å². The van der Waals surface area contributed by atoms with Crippen LogP contribution in [-0.4, -0.2) is 49.1 Å². The Balaban J connectivity index is 1.81. The minimum atomic E-state index is -0.165. The summed E-state index contributed by atoms with van der Waals surface area (Å²) in [6.45, 7) is 4.91. The molecule has 1 aromatic rings. The van der Waals surface area contributed by atoms with Gasteiger partial charge in [-0.25, -0.2) is 4.39 Å². The van der Waals surface area contributed by atoms with Gasteiger partial charge >= 0.3 is 0 Å². The summed E-state index contributed by atoms with van der Waals surface area (Å²) in [5.41, 5.74) is 6.76. The van der Waals surface area contributed by atoms with Gasteiger partial charge in [-0.1, -0.05) is 12.1 Å². The van der Waals surface area contributed by atoms with E-state index < -0.39 is 0 Å². The van der Waals surface area contributed by atoms with Crippen LogP contribution < -0.4 is 5.73 Å². The number of nitrogens with zero attached hydrogens (tertiary/aromatic N) is 2. The monoisotopic (exact) mass is 265 g/mol. The van der Waals surface area contributed by atoms with Gasteiger partial charge in [-0.05, 0) is 50.7 Å². The smallest absolute Gasteiger partial charge is 0.123 e. The van der Waals surface area contributed by atoms with Gasteiger partial charge in [-0.2, -0.15) is 0 Å². The summed E-state index contributed by atoms with van der Waals surface area (Å²) in [6, 6.07) is 7.43. The van der Waals surface area contributed by atoms with Crippen LogP contribution in [0.4, 0.5) is 4.39 Å². The topological polar surface area (TPSA) is 32.5 Å². The first kappa shape index (κ1) is 14.4. The third-order valence-electron chi connectivity index (χ3n) is 3.97. The molecule has 0 radical (unpaired) electrons. The predicted octanol–water partition coefficient (Wildman–Crippen LogP) is 1.68. The summed E-state index contributed by atoms with van der Waals surface area (Å²) < 4.78 is 12.9. The van der Waals surface area contributed by atoms with Gasteiger partial charge in [0.05, 0.1) is 0 Å². The van der Waals surface area contributed by atoms with E-state index >= 15 is 0 Å². The summed E-state index contributed by atoms with van der Waals surface area (Å²) in [5, 5.41) is 0. The molecule has 0 bridgehead atoms. The minimum absolute atomic E-state index is 0.165. The molecule has 0 unspecified atom stereocenters. The fourth-order valence-corrected chi connectivity index (χ4v) is 2.77. The van der Waals surface area contributed by atoms with Gasteiger partial charge in [-0.3, -0.25) is 4.90 Å². The maximum atomic E-state index is 12.9. The Kier molecular flexibility index (Phi) is 5.31.